The molecule has 37 heavy (non-hydrogen) atoms. The summed E-state index contributed by atoms with van der Waals surface area (Å²) in [6.45, 7) is 6.54. The molecule has 4 aromatic rings. The van der Waals surface area contributed by atoms with E-state index in [9.17, 15) is 14.8 Å². The van der Waals surface area contributed by atoms with Gasteiger partial charge < -0.3 is 14.9 Å². The van der Waals surface area contributed by atoms with E-state index < -0.39 is 0 Å². The van der Waals surface area contributed by atoms with Crippen molar-refractivity contribution in [2.75, 3.05) is 31.6 Å². The molecule has 1 saturated heterocycles. The smallest absolute Gasteiger partial charge is 0.230 e. The lowest BCUT2D eigenvalue weighted by molar-refractivity contribution is 0.0933. The minimum atomic E-state index is -0.380. The monoisotopic (exact) mass is 495 g/mol. The molecule has 5 rings (SSSR count). The normalized spacial score (nSPS) is 16.8. The highest BCUT2D eigenvalue weighted by Gasteiger charge is 2.25. The van der Waals surface area contributed by atoms with Gasteiger partial charge in [0.05, 0.1) is 22.5 Å². The fourth-order valence-electron chi connectivity index (χ4n) is 4.88. The van der Waals surface area contributed by atoms with Gasteiger partial charge in [0.2, 0.25) is 11.8 Å². The van der Waals surface area contributed by atoms with E-state index in [1.54, 1.807) is 12.1 Å². The minimum Gasteiger partial charge on any atom is -0.494 e. The summed E-state index contributed by atoms with van der Waals surface area (Å²) < 4.78 is 1.19. The second kappa shape index (κ2) is 9.99. The fraction of sp³-hybridized carbons (Fsp3) is 0.241. The van der Waals surface area contributed by atoms with Crippen molar-refractivity contribution in [2.24, 2.45) is 10.2 Å². The molecule has 0 saturated carbocycles. The van der Waals surface area contributed by atoms with Gasteiger partial charge in [-0.05, 0) is 61.6 Å². The average Bonchev–Trinajstić information content (AvgIpc) is 3.20. The standard InChI is InChI=1S/C29H29N5O3/c1-19-18-33(16-15-32(19)3)24-12-9-22(10-13-24)30-28(21-7-5-4-6-8-21)27-25-14-11-23(31-37)17-26(25)34(20(2)35)29(27)36/h4-14,17,19,36H,15-16,18H2,1-3H3/t19-/m0/s1. The molecule has 1 fully saturated rings. The topological polar surface area (TPSA) is 90.5 Å². The van der Waals surface area contributed by atoms with E-state index in [2.05, 4.69) is 41.1 Å². The molecule has 1 aromatic heterocycles. The molecule has 0 spiro atoms. The summed E-state index contributed by atoms with van der Waals surface area (Å²) in [4.78, 5) is 33.3. The van der Waals surface area contributed by atoms with E-state index in [4.69, 9.17) is 4.99 Å². The quantitative estimate of drug-likeness (QED) is 0.283. The Morgan fingerprint density at radius 1 is 0.973 bits per heavy atom. The van der Waals surface area contributed by atoms with Gasteiger partial charge in [-0.25, -0.2) is 4.99 Å². The van der Waals surface area contributed by atoms with Gasteiger partial charge in [0.15, 0.2) is 0 Å². The van der Waals surface area contributed by atoms with Crippen LogP contribution < -0.4 is 4.90 Å². The molecular formula is C29H29N5O3. The first kappa shape index (κ1) is 24.4. The number of aliphatic imine (C=N–C) groups is 1. The van der Waals surface area contributed by atoms with Gasteiger partial charge in [-0.2, -0.15) is 0 Å². The summed E-state index contributed by atoms with van der Waals surface area (Å²) in [6, 6.07) is 22.9. The Hall–Kier alpha value is -4.30. The van der Waals surface area contributed by atoms with Gasteiger partial charge in [0.25, 0.3) is 0 Å². The largest absolute Gasteiger partial charge is 0.494 e. The van der Waals surface area contributed by atoms with Gasteiger partial charge >= 0.3 is 0 Å². The molecule has 0 unspecified atom stereocenters. The molecule has 0 radical (unpaired) electrons. The van der Waals surface area contributed by atoms with Crippen LogP contribution in [0.2, 0.25) is 0 Å². The number of aromatic hydroxyl groups is 1. The number of carbonyl (C=O) groups is 1. The third-order valence-corrected chi connectivity index (χ3v) is 7.05. The van der Waals surface area contributed by atoms with Crippen LogP contribution in [0.4, 0.5) is 17.1 Å². The predicted octanol–water partition coefficient (Wildman–Crippen LogP) is 5.71. The third-order valence-electron chi connectivity index (χ3n) is 7.05. The van der Waals surface area contributed by atoms with E-state index in [0.29, 0.717) is 28.2 Å². The number of benzene rings is 3. The number of hydrogen-bond donors (Lipinski definition) is 1. The number of fused-ring (bicyclic) bond motifs is 1. The van der Waals surface area contributed by atoms with E-state index in [1.807, 2.05) is 42.5 Å². The number of nitrogens with zero attached hydrogens (tertiary/aromatic N) is 5. The zero-order chi connectivity index (χ0) is 26.1. The number of nitroso groups, excluding NO2 is 1. The Labute approximate surface area is 215 Å². The maximum absolute atomic E-state index is 12.5. The van der Waals surface area contributed by atoms with Crippen LogP contribution in [0.1, 0.15) is 29.8 Å². The van der Waals surface area contributed by atoms with Gasteiger partial charge in [-0.3, -0.25) is 9.36 Å². The first-order chi connectivity index (χ1) is 17.9. The first-order valence-corrected chi connectivity index (χ1v) is 12.3. The van der Waals surface area contributed by atoms with Gasteiger partial charge in [0, 0.05) is 49.2 Å². The SMILES string of the molecule is CC(=O)n1c(O)c(C(=Nc2ccc(N3CCN(C)[C@@H](C)C3)cc2)c2ccccc2)c2ccc(N=O)cc21. The molecule has 0 aliphatic carbocycles. The number of carbonyl (C=O) groups excluding carboxylic acids is 1. The van der Waals surface area contributed by atoms with Crippen LogP contribution >= 0.6 is 0 Å². The van der Waals surface area contributed by atoms with Crippen molar-refractivity contribution < 1.29 is 9.90 Å². The van der Waals surface area contributed by atoms with Crippen molar-refractivity contribution >= 4 is 39.6 Å². The second-order valence-corrected chi connectivity index (χ2v) is 9.46. The van der Waals surface area contributed by atoms with Crippen LogP contribution in [0.3, 0.4) is 0 Å². The summed E-state index contributed by atoms with van der Waals surface area (Å²) in [5, 5.41) is 14.9. The van der Waals surface area contributed by atoms with Crippen LogP contribution in [0, 0.1) is 4.91 Å². The Morgan fingerprint density at radius 3 is 2.32 bits per heavy atom. The highest BCUT2D eigenvalue weighted by atomic mass is 16.3. The lowest BCUT2D eigenvalue weighted by atomic mass is 10.0. The van der Waals surface area contributed by atoms with E-state index in [0.717, 1.165) is 36.6 Å². The van der Waals surface area contributed by atoms with Gasteiger partial charge in [-0.1, -0.05) is 30.3 Å². The zero-order valence-electron chi connectivity index (χ0n) is 21.1. The Balaban J connectivity index is 1.63. The number of anilines is 1. The highest BCUT2D eigenvalue weighted by Crippen LogP contribution is 2.36. The Kier molecular flexibility index (Phi) is 6.58. The lowest BCUT2D eigenvalue weighted by Crippen LogP contribution is -2.50. The second-order valence-electron chi connectivity index (χ2n) is 9.46. The van der Waals surface area contributed by atoms with Crippen LogP contribution in [0.25, 0.3) is 10.9 Å². The van der Waals surface area contributed by atoms with Crippen LogP contribution in [0.15, 0.2) is 83.0 Å². The number of piperazine rings is 1. The minimum absolute atomic E-state index is 0.172. The molecule has 8 heteroatoms. The molecule has 2 heterocycles. The summed E-state index contributed by atoms with van der Waals surface area (Å²) in [7, 11) is 2.15. The predicted molar refractivity (Wildman–Crippen MR) is 148 cm³/mol. The van der Waals surface area contributed by atoms with Crippen molar-refractivity contribution in [1.82, 2.24) is 9.47 Å². The van der Waals surface area contributed by atoms with Gasteiger partial charge in [-0.15, -0.1) is 4.91 Å². The lowest BCUT2D eigenvalue weighted by Gasteiger charge is -2.39. The third kappa shape index (κ3) is 4.63. The van der Waals surface area contributed by atoms with Crippen molar-refractivity contribution in [2.45, 2.75) is 19.9 Å². The molecule has 8 nitrogen and oxygen atoms in total. The molecule has 1 aliphatic heterocycles. The van der Waals surface area contributed by atoms with E-state index in [1.165, 1.54) is 17.6 Å². The molecule has 188 valence electrons. The summed E-state index contributed by atoms with van der Waals surface area (Å²) in [5.74, 6) is -0.605. The Morgan fingerprint density at radius 2 is 1.68 bits per heavy atom. The van der Waals surface area contributed by atoms with E-state index >= 15 is 0 Å². The maximum atomic E-state index is 12.5. The van der Waals surface area contributed by atoms with Crippen molar-refractivity contribution in [3.8, 4) is 5.88 Å². The number of rotatable bonds is 5. The molecular weight excluding hydrogens is 466 g/mol. The molecule has 1 aliphatic rings. The van der Waals surface area contributed by atoms with Crippen molar-refractivity contribution in [3.63, 3.8) is 0 Å². The van der Waals surface area contributed by atoms with E-state index in [-0.39, 0.29) is 17.5 Å². The molecule has 0 bridgehead atoms. The fourth-order valence-corrected chi connectivity index (χ4v) is 4.88. The first-order valence-electron chi connectivity index (χ1n) is 12.3. The summed E-state index contributed by atoms with van der Waals surface area (Å²) >= 11 is 0. The summed E-state index contributed by atoms with van der Waals surface area (Å²) in [6.07, 6.45) is 0. The highest BCUT2D eigenvalue weighted by molar-refractivity contribution is 6.23. The average molecular weight is 496 g/mol. The molecule has 3 aromatic carbocycles. The van der Waals surface area contributed by atoms with Gasteiger partial charge in [0.1, 0.15) is 5.69 Å². The molecule has 1 N–H and O–H groups in total. The summed E-state index contributed by atoms with van der Waals surface area (Å²) in [5.41, 5.74) is 4.17. The Bertz CT molecular complexity index is 1490. The van der Waals surface area contributed by atoms with Crippen molar-refractivity contribution in [1.29, 1.82) is 0 Å². The molecule has 0 amide bonds. The number of likely N-dealkylation sites (N-methyl/N-ethyl adjacent to an activating group) is 1. The van der Waals surface area contributed by atoms with Crippen LogP contribution in [-0.2, 0) is 0 Å². The van der Waals surface area contributed by atoms with Crippen LogP contribution in [-0.4, -0.2) is 58.9 Å². The van der Waals surface area contributed by atoms with Crippen molar-refractivity contribution in [3.05, 3.63) is 88.8 Å². The van der Waals surface area contributed by atoms with Crippen LogP contribution in [0.5, 0.6) is 5.88 Å². The zero-order valence-corrected chi connectivity index (χ0v) is 21.1. The molecule has 1 atom stereocenters. The maximum Gasteiger partial charge on any atom is 0.230 e. The number of aromatic nitrogens is 1. The number of hydrogen-bond acceptors (Lipinski definition) is 7.